The lowest BCUT2D eigenvalue weighted by Crippen LogP contribution is -2.57. The Morgan fingerprint density at radius 3 is 2.20 bits per heavy atom. The van der Waals surface area contributed by atoms with Gasteiger partial charge in [-0.3, -0.25) is 9.59 Å². The van der Waals surface area contributed by atoms with E-state index in [0.717, 1.165) is 16.7 Å². The molecular weight excluding hydrogens is 333 g/mol. The van der Waals surface area contributed by atoms with Crippen LogP contribution in [0.4, 0.5) is 13.2 Å². The smallest absolute Gasteiger partial charge is 0.342 e. The lowest BCUT2D eigenvalue weighted by atomic mass is 9.54. The first kappa shape index (κ1) is 17.2. The van der Waals surface area contributed by atoms with Crippen LogP contribution in [0.15, 0.2) is 0 Å². The molecule has 5 rings (SSSR count). The zero-order valence-corrected chi connectivity index (χ0v) is 14.5. The average Bonchev–Trinajstić information content (AvgIpc) is 2.84. The topological polar surface area (TPSA) is 40.6 Å². The van der Waals surface area contributed by atoms with Gasteiger partial charge >= 0.3 is 6.18 Å². The molecule has 0 N–H and O–H groups in total. The van der Waals surface area contributed by atoms with Crippen LogP contribution < -0.4 is 0 Å². The van der Waals surface area contributed by atoms with Crippen LogP contribution >= 0.6 is 0 Å². The maximum Gasteiger partial charge on any atom is 0.406 e. The Morgan fingerprint density at radius 2 is 1.68 bits per heavy atom. The summed E-state index contributed by atoms with van der Waals surface area (Å²) in [4.78, 5) is 27.3. The van der Waals surface area contributed by atoms with Gasteiger partial charge in [-0.2, -0.15) is 13.2 Å². The third-order valence-electron chi connectivity index (χ3n) is 6.91. The standard InChI is InChI=1S/C18H25F3N2O2/c1-22(16-12-3-10-2-11(5-12)6-13(16)4-10)17(25)14-7-15(24)23(8-14)9-18(19,20)21/h10-14,16H,2-9H2,1H3/t10?,11?,12?,13?,14-,16?/m0/s1. The van der Waals surface area contributed by atoms with Gasteiger partial charge in [0.25, 0.3) is 0 Å². The zero-order chi connectivity index (χ0) is 17.9. The molecular formula is C18H25F3N2O2. The molecule has 1 aliphatic heterocycles. The Morgan fingerprint density at radius 1 is 1.12 bits per heavy atom. The number of nitrogens with zero attached hydrogens (tertiary/aromatic N) is 2. The van der Waals surface area contributed by atoms with Crippen LogP contribution in [0.5, 0.6) is 0 Å². The summed E-state index contributed by atoms with van der Waals surface area (Å²) in [6.45, 7) is -1.35. The van der Waals surface area contributed by atoms with Crippen molar-refractivity contribution in [2.75, 3.05) is 20.1 Å². The fraction of sp³-hybridized carbons (Fsp3) is 0.889. The summed E-state index contributed by atoms with van der Waals surface area (Å²) in [6, 6.07) is 0.215. The van der Waals surface area contributed by atoms with E-state index >= 15 is 0 Å². The van der Waals surface area contributed by atoms with Crippen molar-refractivity contribution in [1.82, 2.24) is 9.80 Å². The maximum absolute atomic E-state index is 12.9. The number of alkyl halides is 3. The highest BCUT2D eigenvalue weighted by Crippen LogP contribution is 2.55. The van der Waals surface area contributed by atoms with Crippen LogP contribution in [0.2, 0.25) is 0 Å². The average molecular weight is 358 g/mol. The van der Waals surface area contributed by atoms with Gasteiger partial charge in [0.1, 0.15) is 6.54 Å². The van der Waals surface area contributed by atoms with Crippen molar-refractivity contribution in [2.24, 2.45) is 29.6 Å². The fourth-order valence-corrected chi connectivity index (χ4v) is 6.27. The molecule has 25 heavy (non-hydrogen) atoms. The molecule has 0 spiro atoms. The third-order valence-corrected chi connectivity index (χ3v) is 6.91. The summed E-state index contributed by atoms with van der Waals surface area (Å²) < 4.78 is 37.7. The van der Waals surface area contributed by atoms with Crippen LogP contribution in [-0.4, -0.2) is 54.0 Å². The van der Waals surface area contributed by atoms with E-state index in [9.17, 15) is 22.8 Å². The number of likely N-dealkylation sites (tertiary alicyclic amines) is 1. The number of carbonyl (C=O) groups excluding carboxylic acids is 2. The molecule has 2 amide bonds. The predicted octanol–water partition coefficient (Wildman–Crippen LogP) is 2.68. The summed E-state index contributed by atoms with van der Waals surface area (Å²) in [7, 11) is 1.80. The Labute approximate surface area is 145 Å². The van der Waals surface area contributed by atoms with Gasteiger partial charge in [-0.25, -0.2) is 0 Å². The lowest BCUT2D eigenvalue weighted by Gasteiger charge is -2.56. The van der Waals surface area contributed by atoms with Gasteiger partial charge in [0, 0.05) is 26.1 Å². The van der Waals surface area contributed by atoms with Crippen LogP contribution in [-0.2, 0) is 9.59 Å². The van der Waals surface area contributed by atoms with Crippen molar-refractivity contribution in [3.05, 3.63) is 0 Å². The van der Waals surface area contributed by atoms with Crippen molar-refractivity contribution < 1.29 is 22.8 Å². The molecule has 1 atom stereocenters. The monoisotopic (exact) mass is 358 g/mol. The van der Waals surface area contributed by atoms with Gasteiger partial charge in [-0.05, 0) is 55.8 Å². The molecule has 0 aromatic rings. The van der Waals surface area contributed by atoms with Crippen molar-refractivity contribution in [3.8, 4) is 0 Å². The minimum atomic E-state index is -4.42. The van der Waals surface area contributed by atoms with E-state index in [0.29, 0.717) is 11.8 Å². The van der Waals surface area contributed by atoms with Crippen molar-refractivity contribution >= 4 is 11.8 Å². The quantitative estimate of drug-likeness (QED) is 0.778. The molecule has 7 heteroatoms. The first-order chi connectivity index (χ1) is 11.7. The largest absolute Gasteiger partial charge is 0.406 e. The summed E-state index contributed by atoms with van der Waals surface area (Å²) in [5.74, 6) is 1.35. The van der Waals surface area contributed by atoms with Crippen LogP contribution in [0, 0.1) is 29.6 Å². The van der Waals surface area contributed by atoms with Crippen molar-refractivity contribution in [3.63, 3.8) is 0 Å². The molecule has 0 radical (unpaired) electrons. The van der Waals surface area contributed by atoms with Gasteiger partial charge in [-0.15, -0.1) is 0 Å². The molecule has 0 aromatic heterocycles. The molecule has 5 aliphatic rings. The van der Waals surface area contributed by atoms with Gasteiger partial charge < -0.3 is 9.80 Å². The summed E-state index contributed by atoms with van der Waals surface area (Å²) in [5, 5.41) is 0. The molecule has 4 aliphatic carbocycles. The number of carbonyl (C=O) groups is 2. The van der Waals surface area contributed by atoms with Crippen LogP contribution in [0.25, 0.3) is 0 Å². The van der Waals surface area contributed by atoms with E-state index in [1.165, 1.54) is 32.1 Å². The zero-order valence-electron chi connectivity index (χ0n) is 14.5. The van der Waals surface area contributed by atoms with Gasteiger partial charge in [0.2, 0.25) is 11.8 Å². The maximum atomic E-state index is 12.9. The molecule has 4 saturated carbocycles. The molecule has 4 bridgehead atoms. The molecule has 1 saturated heterocycles. The highest BCUT2D eigenvalue weighted by Gasteiger charge is 2.51. The van der Waals surface area contributed by atoms with Gasteiger partial charge in [0.15, 0.2) is 0 Å². The lowest BCUT2D eigenvalue weighted by molar-refractivity contribution is -0.157. The second-order valence-corrected chi connectivity index (χ2v) is 8.66. The predicted molar refractivity (Wildman–Crippen MR) is 84.3 cm³/mol. The van der Waals surface area contributed by atoms with Crippen LogP contribution in [0.1, 0.15) is 38.5 Å². The van der Waals surface area contributed by atoms with E-state index in [-0.39, 0.29) is 24.9 Å². The minimum absolute atomic E-state index is 0.0907. The first-order valence-corrected chi connectivity index (χ1v) is 9.32. The fourth-order valence-electron chi connectivity index (χ4n) is 6.27. The second-order valence-electron chi connectivity index (χ2n) is 8.66. The Hall–Kier alpha value is -1.27. The van der Waals surface area contributed by atoms with E-state index in [4.69, 9.17) is 0 Å². The summed E-state index contributed by atoms with van der Waals surface area (Å²) >= 11 is 0. The van der Waals surface area contributed by atoms with Gasteiger partial charge in [0.05, 0.1) is 5.92 Å². The second kappa shape index (κ2) is 5.88. The number of amides is 2. The highest BCUT2D eigenvalue weighted by molar-refractivity contribution is 5.89. The van der Waals surface area contributed by atoms with E-state index in [1.807, 2.05) is 0 Å². The Kier molecular flexibility index (Phi) is 4.03. The summed E-state index contributed by atoms with van der Waals surface area (Å²) in [5.41, 5.74) is 0. The minimum Gasteiger partial charge on any atom is -0.342 e. The summed E-state index contributed by atoms with van der Waals surface area (Å²) in [6.07, 6.45) is 1.55. The number of hydrogen-bond donors (Lipinski definition) is 0. The molecule has 4 nitrogen and oxygen atoms in total. The van der Waals surface area contributed by atoms with Crippen LogP contribution in [0.3, 0.4) is 0 Å². The van der Waals surface area contributed by atoms with E-state index < -0.39 is 24.5 Å². The molecule has 140 valence electrons. The number of rotatable bonds is 3. The molecule has 1 heterocycles. The molecule has 0 aromatic carbocycles. The van der Waals surface area contributed by atoms with Gasteiger partial charge in [-0.1, -0.05) is 0 Å². The SMILES string of the molecule is CN(C(=O)[C@H]1CC(=O)N(CC(F)(F)F)C1)C1C2CC3CC(C2)CC1C3. The molecule has 5 fully saturated rings. The van der Waals surface area contributed by atoms with E-state index in [2.05, 4.69) is 0 Å². The first-order valence-electron chi connectivity index (χ1n) is 9.32. The Bertz CT molecular complexity index is 549. The highest BCUT2D eigenvalue weighted by atomic mass is 19.4. The number of halogens is 3. The van der Waals surface area contributed by atoms with E-state index in [1.54, 1.807) is 11.9 Å². The molecule has 0 unspecified atom stereocenters. The third kappa shape index (κ3) is 3.14. The van der Waals surface area contributed by atoms with Crippen molar-refractivity contribution in [1.29, 1.82) is 0 Å². The van der Waals surface area contributed by atoms with Crippen molar-refractivity contribution in [2.45, 2.75) is 50.7 Å². The number of hydrogen-bond acceptors (Lipinski definition) is 2. The normalized spacial score (nSPS) is 40.0. The Balaban J connectivity index is 1.42.